The first-order valence-corrected chi connectivity index (χ1v) is 11.0. The fourth-order valence-electron chi connectivity index (χ4n) is 4.82. The van der Waals surface area contributed by atoms with E-state index in [1.165, 1.54) is 54.9 Å². The molecular formula is C32H22. The van der Waals surface area contributed by atoms with Gasteiger partial charge < -0.3 is 0 Å². The van der Waals surface area contributed by atoms with Crippen LogP contribution in [0, 0.1) is 0 Å². The van der Waals surface area contributed by atoms with Crippen molar-refractivity contribution in [2.75, 3.05) is 0 Å². The van der Waals surface area contributed by atoms with Crippen molar-refractivity contribution in [1.29, 1.82) is 0 Å². The quantitative estimate of drug-likeness (QED) is 0.275. The lowest BCUT2D eigenvalue weighted by Crippen LogP contribution is -1.92. The zero-order chi connectivity index (χ0) is 21.3. The van der Waals surface area contributed by atoms with Crippen LogP contribution in [0.25, 0.3) is 54.9 Å². The summed E-state index contributed by atoms with van der Waals surface area (Å²) >= 11 is 0. The maximum atomic E-state index is 2.29. The SMILES string of the molecule is c1ccc(-c2ccccc2-c2ccc3ccccc3c2-c2cccc3ccccc23)cc1. The van der Waals surface area contributed by atoms with Crippen LogP contribution in [0.5, 0.6) is 0 Å². The molecule has 0 aliphatic carbocycles. The number of benzene rings is 6. The summed E-state index contributed by atoms with van der Waals surface area (Å²) < 4.78 is 0. The van der Waals surface area contributed by atoms with Gasteiger partial charge in [-0.15, -0.1) is 0 Å². The first kappa shape index (κ1) is 18.6. The van der Waals surface area contributed by atoms with Crippen molar-refractivity contribution in [3.8, 4) is 33.4 Å². The van der Waals surface area contributed by atoms with Gasteiger partial charge in [0.2, 0.25) is 0 Å². The third-order valence-electron chi connectivity index (χ3n) is 6.29. The van der Waals surface area contributed by atoms with Gasteiger partial charge in [0.25, 0.3) is 0 Å². The van der Waals surface area contributed by atoms with E-state index in [1.54, 1.807) is 0 Å². The Morgan fingerprint density at radius 3 is 1.66 bits per heavy atom. The molecule has 0 amide bonds. The number of hydrogen-bond acceptors (Lipinski definition) is 0. The molecule has 0 atom stereocenters. The molecule has 0 aliphatic rings. The summed E-state index contributed by atoms with van der Waals surface area (Å²) in [5.41, 5.74) is 7.58. The van der Waals surface area contributed by atoms with Gasteiger partial charge >= 0.3 is 0 Å². The van der Waals surface area contributed by atoms with E-state index in [0.717, 1.165) is 0 Å². The van der Waals surface area contributed by atoms with Crippen LogP contribution in [-0.4, -0.2) is 0 Å². The van der Waals surface area contributed by atoms with Crippen LogP contribution >= 0.6 is 0 Å². The number of rotatable bonds is 3. The van der Waals surface area contributed by atoms with E-state index in [0.29, 0.717) is 0 Å². The van der Waals surface area contributed by atoms with E-state index in [2.05, 4.69) is 133 Å². The highest BCUT2D eigenvalue weighted by Gasteiger charge is 2.16. The van der Waals surface area contributed by atoms with Crippen LogP contribution in [-0.2, 0) is 0 Å². The van der Waals surface area contributed by atoms with Crippen molar-refractivity contribution in [1.82, 2.24) is 0 Å². The molecule has 0 aromatic heterocycles. The monoisotopic (exact) mass is 406 g/mol. The average molecular weight is 407 g/mol. The van der Waals surface area contributed by atoms with Crippen molar-refractivity contribution in [2.24, 2.45) is 0 Å². The fraction of sp³-hybridized carbons (Fsp3) is 0. The summed E-state index contributed by atoms with van der Waals surface area (Å²) in [5.74, 6) is 0. The molecule has 0 saturated carbocycles. The van der Waals surface area contributed by atoms with Crippen LogP contribution in [0.3, 0.4) is 0 Å². The second-order valence-electron chi connectivity index (χ2n) is 8.15. The van der Waals surface area contributed by atoms with Gasteiger partial charge in [-0.2, -0.15) is 0 Å². The Balaban J connectivity index is 1.73. The minimum atomic E-state index is 1.24. The fourth-order valence-corrected chi connectivity index (χ4v) is 4.82. The van der Waals surface area contributed by atoms with E-state index < -0.39 is 0 Å². The first-order chi connectivity index (χ1) is 15.9. The Morgan fingerprint density at radius 2 is 0.844 bits per heavy atom. The van der Waals surface area contributed by atoms with Crippen LogP contribution in [0.2, 0.25) is 0 Å². The largest absolute Gasteiger partial charge is 0.0622 e. The lowest BCUT2D eigenvalue weighted by molar-refractivity contribution is 1.59. The second-order valence-corrected chi connectivity index (χ2v) is 8.15. The second kappa shape index (κ2) is 7.83. The van der Waals surface area contributed by atoms with E-state index in [1.807, 2.05) is 0 Å². The Kier molecular flexibility index (Phi) is 4.55. The molecule has 0 fully saturated rings. The standard InChI is InChI=1S/C32H22/c1-2-11-23(12-3-1)26-16-8-9-19-29(26)31-22-21-25-14-5-7-18-28(25)32(31)30-20-10-15-24-13-4-6-17-27(24)30/h1-22H. The Bertz CT molecular complexity index is 1550. The topological polar surface area (TPSA) is 0 Å². The molecular weight excluding hydrogens is 384 g/mol. The van der Waals surface area contributed by atoms with Gasteiger partial charge in [-0.3, -0.25) is 0 Å². The minimum absolute atomic E-state index is 1.24. The highest BCUT2D eigenvalue weighted by Crippen LogP contribution is 2.43. The summed E-state index contributed by atoms with van der Waals surface area (Å²) in [7, 11) is 0. The molecule has 0 bridgehead atoms. The molecule has 0 saturated heterocycles. The Morgan fingerprint density at radius 1 is 0.281 bits per heavy atom. The molecule has 6 rings (SSSR count). The summed E-state index contributed by atoms with van der Waals surface area (Å²) in [4.78, 5) is 0. The van der Waals surface area contributed by atoms with Crippen molar-refractivity contribution >= 4 is 21.5 Å². The smallest absolute Gasteiger partial charge is 0.00204 e. The van der Waals surface area contributed by atoms with Crippen molar-refractivity contribution in [2.45, 2.75) is 0 Å². The molecule has 6 aromatic carbocycles. The molecule has 0 heteroatoms. The average Bonchev–Trinajstić information content (AvgIpc) is 2.88. The maximum Gasteiger partial charge on any atom is -0.00204 e. The van der Waals surface area contributed by atoms with Gasteiger partial charge in [0, 0.05) is 0 Å². The molecule has 6 aromatic rings. The zero-order valence-electron chi connectivity index (χ0n) is 17.7. The predicted molar refractivity (Wildman–Crippen MR) is 138 cm³/mol. The Labute approximate surface area is 188 Å². The molecule has 0 N–H and O–H groups in total. The summed E-state index contributed by atoms with van der Waals surface area (Å²) in [6.45, 7) is 0. The lowest BCUT2D eigenvalue weighted by Gasteiger charge is -2.18. The normalized spacial score (nSPS) is 11.1. The molecule has 32 heavy (non-hydrogen) atoms. The number of fused-ring (bicyclic) bond motifs is 2. The maximum absolute atomic E-state index is 2.29. The highest BCUT2D eigenvalue weighted by molar-refractivity contribution is 6.11. The molecule has 0 nitrogen and oxygen atoms in total. The van der Waals surface area contributed by atoms with Crippen molar-refractivity contribution < 1.29 is 0 Å². The minimum Gasteiger partial charge on any atom is -0.0622 e. The van der Waals surface area contributed by atoms with Crippen LogP contribution < -0.4 is 0 Å². The van der Waals surface area contributed by atoms with E-state index in [9.17, 15) is 0 Å². The third-order valence-corrected chi connectivity index (χ3v) is 6.29. The van der Waals surface area contributed by atoms with Crippen LogP contribution in [0.1, 0.15) is 0 Å². The molecule has 0 aliphatic heterocycles. The molecule has 0 heterocycles. The molecule has 0 radical (unpaired) electrons. The zero-order valence-corrected chi connectivity index (χ0v) is 17.7. The Hall–Kier alpha value is -4.16. The van der Waals surface area contributed by atoms with Gasteiger partial charge in [-0.1, -0.05) is 133 Å². The van der Waals surface area contributed by atoms with E-state index in [-0.39, 0.29) is 0 Å². The summed E-state index contributed by atoms with van der Waals surface area (Å²) in [5, 5.41) is 5.09. The molecule has 0 unspecified atom stereocenters. The first-order valence-electron chi connectivity index (χ1n) is 11.0. The molecule has 150 valence electrons. The van der Waals surface area contributed by atoms with Gasteiger partial charge in [0.1, 0.15) is 0 Å². The van der Waals surface area contributed by atoms with Crippen molar-refractivity contribution in [3.05, 3.63) is 133 Å². The van der Waals surface area contributed by atoms with E-state index in [4.69, 9.17) is 0 Å². The number of hydrogen-bond donors (Lipinski definition) is 0. The van der Waals surface area contributed by atoms with Gasteiger partial charge in [-0.25, -0.2) is 0 Å². The van der Waals surface area contributed by atoms with E-state index >= 15 is 0 Å². The summed E-state index contributed by atoms with van der Waals surface area (Å²) in [6, 6.07) is 48.0. The lowest BCUT2D eigenvalue weighted by atomic mass is 9.85. The van der Waals surface area contributed by atoms with Crippen molar-refractivity contribution in [3.63, 3.8) is 0 Å². The summed E-state index contributed by atoms with van der Waals surface area (Å²) in [6.07, 6.45) is 0. The molecule has 0 spiro atoms. The van der Waals surface area contributed by atoms with Crippen LogP contribution in [0.15, 0.2) is 133 Å². The highest BCUT2D eigenvalue weighted by atomic mass is 14.2. The predicted octanol–water partition coefficient (Wildman–Crippen LogP) is 8.99. The van der Waals surface area contributed by atoms with Crippen LogP contribution in [0.4, 0.5) is 0 Å². The van der Waals surface area contributed by atoms with Gasteiger partial charge in [0.05, 0.1) is 0 Å². The van der Waals surface area contributed by atoms with Gasteiger partial charge in [0.15, 0.2) is 0 Å². The third kappa shape index (κ3) is 3.09. The van der Waals surface area contributed by atoms with Gasteiger partial charge in [-0.05, 0) is 54.9 Å².